The molecule has 1 aliphatic heterocycles. The van der Waals surface area contributed by atoms with Crippen molar-refractivity contribution in [3.05, 3.63) is 0 Å². The molecule has 0 aliphatic carbocycles. The van der Waals surface area contributed by atoms with Gasteiger partial charge in [-0.25, -0.2) is 8.42 Å². The third-order valence-corrected chi connectivity index (χ3v) is 3.78. The lowest BCUT2D eigenvalue weighted by Crippen LogP contribution is -2.50. The van der Waals surface area contributed by atoms with Crippen LogP contribution in [0.2, 0.25) is 0 Å². The maximum absolute atomic E-state index is 11.2. The summed E-state index contributed by atoms with van der Waals surface area (Å²) in [5, 5.41) is 0. The lowest BCUT2D eigenvalue weighted by atomic mass is 10.3. The molecule has 0 N–H and O–H groups in total. The first-order chi connectivity index (χ1) is 7.64. The van der Waals surface area contributed by atoms with E-state index in [9.17, 15) is 8.42 Å². The van der Waals surface area contributed by atoms with Crippen molar-refractivity contribution < 1.29 is 8.42 Å². The predicted octanol–water partition coefficient (Wildman–Crippen LogP) is 1.63. The first-order valence-corrected chi connectivity index (χ1v) is 8.18. The summed E-state index contributed by atoms with van der Waals surface area (Å²) in [6, 6.07) is 0.515. The summed E-state index contributed by atoms with van der Waals surface area (Å²) >= 11 is 0. The Bertz CT molecular complexity index is 289. The molecular weight excluding hydrogens is 236 g/mol. The van der Waals surface area contributed by atoms with E-state index in [-0.39, 0.29) is 0 Å². The molecule has 17 heavy (non-hydrogen) atoms. The molecule has 1 rings (SSSR count). The molecule has 0 aromatic heterocycles. The van der Waals surface area contributed by atoms with E-state index >= 15 is 0 Å². The van der Waals surface area contributed by atoms with Crippen LogP contribution in [0, 0.1) is 5.92 Å². The number of hydrogen-bond acceptors (Lipinski definition) is 3. The van der Waals surface area contributed by atoms with Crippen molar-refractivity contribution in [3.63, 3.8) is 0 Å². The van der Waals surface area contributed by atoms with Gasteiger partial charge in [0.1, 0.15) is 0 Å². The molecule has 5 heteroatoms. The molecule has 1 saturated heterocycles. The first kappa shape index (κ1) is 16.9. The van der Waals surface area contributed by atoms with Crippen LogP contribution in [0.4, 0.5) is 0 Å². The van der Waals surface area contributed by atoms with Gasteiger partial charge in [-0.15, -0.1) is 0 Å². The first-order valence-electron chi connectivity index (χ1n) is 6.33. The molecule has 0 atom stereocenters. The van der Waals surface area contributed by atoms with Gasteiger partial charge in [-0.05, 0) is 19.8 Å². The molecular formula is C12H28N2O2S. The van der Waals surface area contributed by atoms with Gasteiger partial charge in [-0.3, -0.25) is 4.90 Å². The minimum Gasteiger partial charge on any atom is -0.298 e. The topological polar surface area (TPSA) is 40.6 Å². The second-order valence-electron chi connectivity index (χ2n) is 5.52. The van der Waals surface area contributed by atoms with E-state index in [1.54, 1.807) is 4.31 Å². The van der Waals surface area contributed by atoms with Crippen molar-refractivity contribution >= 4 is 10.0 Å². The van der Waals surface area contributed by atoms with Crippen LogP contribution < -0.4 is 0 Å². The highest BCUT2D eigenvalue weighted by Gasteiger charge is 2.24. The van der Waals surface area contributed by atoms with Gasteiger partial charge in [0.15, 0.2) is 0 Å². The molecule has 0 amide bonds. The van der Waals surface area contributed by atoms with E-state index in [0.717, 1.165) is 19.0 Å². The Hall–Kier alpha value is -0.130. The van der Waals surface area contributed by atoms with E-state index < -0.39 is 10.0 Å². The Morgan fingerprint density at radius 3 is 1.47 bits per heavy atom. The lowest BCUT2D eigenvalue weighted by Gasteiger charge is -2.35. The standard InChI is InChI=1S/C8H18N2O2S.C4H10/c1-8(2)9-4-6-10(7-5-9)13(3,11)12;1-4(2)3/h8H,4-7H2,1-3H3;4H,1-3H3. The van der Waals surface area contributed by atoms with Gasteiger partial charge in [0, 0.05) is 32.2 Å². The molecule has 0 bridgehead atoms. The van der Waals surface area contributed by atoms with Crippen LogP contribution in [0.5, 0.6) is 0 Å². The molecule has 0 unspecified atom stereocenters. The van der Waals surface area contributed by atoms with Gasteiger partial charge in [-0.2, -0.15) is 4.31 Å². The maximum Gasteiger partial charge on any atom is 0.211 e. The second kappa shape index (κ2) is 7.34. The van der Waals surface area contributed by atoms with Crippen molar-refractivity contribution in [3.8, 4) is 0 Å². The van der Waals surface area contributed by atoms with Crippen LogP contribution >= 0.6 is 0 Å². The average Bonchev–Trinajstić information content (AvgIpc) is 2.15. The fraction of sp³-hybridized carbons (Fsp3) is 1.00. The summed E-state index contributed by atoms with van der Waals surface area (Å²) in [6.45, 7) is 13.7. The molecule has 0 saturated carbocycles. The van der Waals surface area contributed by atoms with Gasteiger partial charge in [0.2, 0.25) is 10.0 Å². The molecule has 1 aliphatic rings. The van der Waals surface area contributed by atoms with Gasteiger partial charge in [-0.1, -0.05) is 20.8 Å². The number of piperazine rings is 1. The van der Waals surface area contributed by atoms with Crippen molar-refractivity contribution in [2.75, 3.05) is 32.4 Å². The zero-order valence-corrected chi connectivity index (χ0v) is 12.9. The van der Waals surface area contributed by atoms with Crippen molar-refractivity contribution in [1.29, 1.82) is 0 Å². The predicted molar refractivity (Wildman–Crippen MR) is 73.6 cm³/mol. The smallest absolute Gasteiger partial charge is 0.211 e. The molecule has 4 nitrogen and oxygen atoms in total. The molecule has 0 aromatic carbocycles. The van der Waals surface area contributed by atoms with Gasteiger partial charge >= 0.3 is 0 Å². The van der Waals surface area contributed by atoms with Crippen LogP contribution in [0.1, 0.15) is 34.6 Å². The third-order valence-electron chi connectivity index (χ3n) is 2.47. The molecule has 0 spiro atoms. The van der Waals surface area contributed by atoms with Crippen LogP contribution in [-0.2, 0) is 10.0 Å². The quantitative estimate of drug-likeness (QED) is 0.761. The summed E-state index contributed by atoms with van der Waals surface area (Å²) < 4.78 is 23.9. The molecule has 1 heterocycles. The second-order valence-corrected chi connectivity index (χ2v) is 7.51. The van der Waals surface area contributed by atoms with E-state index in [2.05, 4.69) is 39.5 Å². The maximum atomic E-state index is 11.2. The highest BCUT2D eigenvalue weighted by molar-refractivity contribution is 7.88. The minimum absolute atomic E-state index is 0.515. The van der Waals surface area contributed by atoms with Gasteiger partial charge in [0.05, 0.1) is 6.26 Å². The molecule has 0 radical (unpaired) electrons. The Morgan fingerprint density at radius 2 is 1.24 bits per heavy atom. The van der Waals surface area contributed by atoms with Gasteiger partial charge in [0.25, 0.3) is 0 Å². The summed E-state index contributed by atoms with van der Waals surface area (Å²) in [6.07, 6.45) is 1.28. The summed E-state index contributed by atoms with van der Waals surface area (Å²) in [4.78, 5) is 2.29. The van der Waals surface area contributed by atoms with Crippen LogP contribution in [-0.4, -0.2) is 56.1 Å². The number of hydrogen-bond donors (Lipinski definition) is 0. The number of nitrogens with zero attached hydrogens (tertiary/aromatic N) is 2. The monoisotopic (exact) mass is 264 g/mol. The summed E-state index contributed by atoms with van der Waals surface area (Å²) in [7, 11) is -2.97. The molecule has 104 valence electrons. The fourth-order valence-electron chi connectivity index (χ4n) is 1.55. The Kier molecular flexibility index (Phi) is 7.28. The summed E-state index contributed by atoms with van der Waals surface area (Å²) in [5.41, 5.74) is 0. The highest BCUT2D eigenvalue weighted by Crippen LogP contribution is 2.08. The van der Waals surface area contributed by atoms with E-state index in [0.29, 0.717) is 19.1 Å². The van der Waals surface area contributed by atoms with Crippen molar-refractivity contribution in [2.45, 2.75) is 40.7 Å². The number of rotatable bonds is 2. The highest BCUT2D eigenvalue weighted by atomic mass is 32.2. The number of sulfonamides is 1. The van der Waals surface area contributed by atoms with Crippen molar-refractivity contribution in [1.82, 2.24) is 9.21 Å². The Balaban J connectivity index is 0.000000557. The molecule has 1 fully saturated rings. The van der Waals surface area contributed by atoms with Crippen LogP contribution in [0.25, 0.3) is 0 Å². The largest absolute Gasteiger partial charge is 0.298 e. The third kappa shape index (κ3) is 7.73. The van der Waals surface area contributed by atoms with Gasteiger partial charge < -0.3 is 0 Å². The van der Waals surface area contributed by atoms with Crippen LogP contribution in [0.15, 0.2) is 0 Å². The Labute approximate surface area is 107 Å². The van der Waals surface area contributed by atoms with Crippen molar-refractivity contribution in [2.24, 2.45) is 5.92 Å². The fourth-order valence-corrected chi connectivity index (χ4v) is 2.38. The van der Waals surface area contributed by atoms with E-state index in [4.69, 9.17) is 0 Å². The zero-order chi connectivity index (χ0) is 13.6. The van der Waals surface area contributed by atoms with E-state index in [1.807, 2.05) is 0 Å². The normalized spacial score (nSPS) is 19.3. The SMILES string of the molecule is CC(C)C.CC(C)N1CCN(S(C)(=O)=O)CC1. The Morgan fingerprint density at radius 1 is 0.882 bits per heavy atom. The van der Waals surface area contributed by atoms with Crippen LogP contribution in [0.3, 0.4) is 0 Å². The lowest BCUT2D eigenvalue weighted by molar-refractivity contribution is 0.154. The minimum atomic E-state index is -2.97. The molecule has 0 aromatic rings. The van der Waals surface area contributed by atoms with E-state index in [1.165, 1.54) is 6.26 Å². The summed E-state index contributed by atoms with van der Waals surface area (Å²) in [5.74, 6) is 0.833. The average molecular weight is 264 g/mol. The zero-order valence-electron chi connectivity index (χ0n) is 12.1.